The Kier molecular flexibility index (Phi) is 5.91. The number of carbonyl (C=O) groups is 1. The average Bonchev–Trinajstić information content (AvgIpc) is 3.07. The Balaban J connectivity index is 1.89. The molecule has 0 radical (unpaired) electrons. The summed E-state index contributed by atoms with van der Waals surface area (Å²) in [7, 11) is 3.76. The van der Waals surface area contributed by atoms with E-state index in [0.29, 0.717) is 6.54 Å². The summed E-state index contributed by atoms with van der Waals surface area (Å²) in [6.07, 6.45) is 1.57. The van der Waals surface area contributed by atoms with Gasteiger partial charge in [0.05, 0.1) is 17.2 Å². The number of likely N-dealkylation sites (N-methyl/N-ethyl adjacent to an activating group) is 1. The molecule has 24 heavy (non-hydrogen) atoms. The van der Waals surface area contributed by atoms with E-state index in [9.17, 15) is 14.9 Å². The number of hydrogen-bond donors (Lipinski definition) is 1. The maximum Gasteiger partial charge on any atom is 0.310 e. The first-order chi connectivity index (χ1) is 11.5. The fourth-order valence-corrected chi connectivity index (χ4v) is 2.15. The molecule has 1 aromatic carbocycles. The number of para-hydroxylation sites is 2. The van der Waals surface area contributed by atoms with E-state index in [1.54, 1.807) is 18.4 Å². The molecule has 0 aliphatic rings. The molecule has 1 N–H and O–H groups in total. The smallest absolute Gasteiger partial charge is 0.310 e. The standard InChI is InChI=1S/C16H19N3O5/c1-18(2)13(15-8-5-9-23-15)10-17-16(20)11-24-14-7-4-3-6-12(14)19(21)22/h3-9,13H,10-11H2,1-2H3,(H,17,20)/t13-/m0/s1. The predicted molar refractivity (Wildman–Crippen MR) is 86.7 cm³/mol. The maximum absolute atomic E-state index is 11.9. The number of amides is 1. The fourth-order valence-electron chi connectivity index (χ4n) is 2.15. The minimum absolute atomic E-state index is 0.0628. The second-order valence-corrected chi connectivity index (χ2v) is 5.31. The Morgan fingerprint density at radius 2 is 2.08 bits per heavy atom. The largest absolute Gasteiger partial charge is 0.477 e. The van der Waals surface area contributed by atoms with Gasteiger partial charge in [0.2, 0.25) is 0 Å². The molecule has 0 fully saturated rings. The minimum Gasteiger partial charge on any atom is -0.477 e. The number of benzene rings is 1. The summed E-state index contributed by atoms with van der Waals surface area (Å²) in [6, 6.07) is 9.43. The Labute approximate surface area is 139 Å². The second-order valence-electron chi connectivity index (χ2n) is 5.31. The number of rotatable bonds is 8. The summed E-state index contributed by atoms with van der Waals surface area (Å²) in [4.78, 5) is 24.2. The molecule has 1 aromatic heterocycles. The van der Waals surface area contributed by atoms with Crippen LogP contribution in [-0.2, 0) is 4.79 Å². The number of nitro benzene ring substituents is 1. The van der Waals surface area contributed by atoms with Crippen LogP contribution in [0, 0.1) is 10.1 Å². The van der Waals surface area contributed by atoms with Gasteiger partial charge < -0.3 is 14.5 Å². The average molecular weight is 333 g/mol. The Bertz CT molecular complexity index is 685. The van der Waals surface area contributed by atoms with Gasteiger partial charge in [-0.3, -0.25) is 19.8 Å². The number of carbonyl (C=O) groups excluding carboxylic acids is 1. The van der Waals surface area contributed by atoms with Crippen molar-refractivity contribution in [2.75, 3.05) is 27.2 Å². The number of furan rings is 1. The molecule has 8 heteroatoms. The van der Waals surface area contributed by atoms with E-state index in [1.165, 1.54) is 18.2 Å². The lowest BCUT2D eigenvalue weighted by molar-refractivity contribution is -0.385. The van der Waals surface area contributed by atoms with Crippen molar-refractivity contribution in [3.8, 4) is 5.75 Å². The van der Waals surface area contributed by atoms with Crippen LogP contribution < -0.4 is 10.1 Å². The van der Waals surface area contributed by atoms with Crippen LogP contribution in [0.15, 0.2) is 47.1 Å². The van der Waals surface area contributed by atoms with Gasteiger partial charge in [-0.1, -0.05) is 12.1 Å². The summed E-state index contributed by atoms with van der Waals surface area (Å²) in [5.41, 5.74) is -0.174. The van der Waals surface area contributed by atoms with E-state index >= 15 is 0 Å². The van der Waals surface area contributed by atoms with Crippen LogP contribution in [0.3, 0.4) is 0 Å². The van der Waals surface area contributed by atoms with E-state index in [2.05, 4.69) is 5.32 Å². The lowest BCUT2D eigenvalue weighted by atomic mass is 10.2. The molecular formula is C16H19N3O5. The highest BCUT2D eigenvalue weighted by Gasteiger charge is 2.19. The van der Waals surface area contributed by atoms with Crippen molar-refractivity contribution < 1.29 is 18.9 Å². The van der Waals surface area contributed by atoms with E-state index < -0.39 is 4.92 Å². The Morgan fingerprint density at radius 1 is 1.33 bits per heavy atom. The summed E-state index contributed by atoms with van der Waals surface area (Å²) in [5.74, 6) is 0.430. The second kappa shape index (κ2) is 8.11. The molecule has 0 saturated carbocycles. The van der Waals surface area contributed by atoms with Gasteiger partial charge in [0.1, 0.15) is 5.76 Å². The lowest BCUT2D eigenvalue weighted by Gasteiger charge is -2.22. The third kappa shape index (κ3) is 4.56. The van der Waals surface area contributed by atoms with Gasteiger partial charge in [-0.15, -0.1) is 0 Å². The first-order valence-corrected chi connectivity index (χ1v) is 7.31. The molecule has 2 rings (SSSR count). The molecule has 0 spiro atoms. The molecular weight excluding hydrogens is 314 g/mol. The van der Waals surface area contributed by atoms with Crippen LogP contribution in [-0.4, -0.2) is 43.0 Å². The zero-order valence-corrected chi connectivity index (χ0v) is 13.5. The summed E-state index contributed by atoms with van der Waals surface area (Å²) in [6.45, 7) is 0.0305. The van der Waals surface area contributed by atoms with Crippen LogP contribution >= 0.6 is 0 Å². The van der Waals surface area contributed by atoms with Crippen molar-refractivity contribution in [1.29, 1.82) is 0 Å². The Hall–Kier alpha value is -2.87. The molecule has 0 bridgehead atoms. The third-order valence-corrected chi connectivity index (χ3v) is 3.41. The molecule has 128 valence electrons. The predicted octanol–water partition coefficient (Wildman–Crippen LogP) is 1.99. The molecule has 8 nitrogen and oxygen atoms in total. The minimum atomic E-state index is -0.549. The van der Waals surface area contributed by atoms with E-state index in [-0.39, 0.29) is 30.0 Å². The number of nitrogens with zero attached hydrogens (tertiary/aromatic N) is 2. The molecule has 2 aromatic rings. The van der Waals surface area contributed by atoms with E-state index in [0.717, 1.165) is 5.76 Å². The van der Waals surface area contributed by atoms with Gasteiger partial charge >= 0.3 is 5.69 Å². The number of hydrogen-bond acceptors (Lipinski definition) is 6. The van der Waals surface area contributed by atoms with Crippen LogP contribution in [0.2, 0.25) is 0 Å². The SMILES string of the molecule is CN(C)[C@@H](CNC(=O)COc1ccccc1[N+](=O)[O-])c1ccco1. The van der Waals surface area contributed by atoms with E-state index in [1.807, 2.05) is 25.1 Å². The third-order valence-electron chi connectivity index (χ3n) is 3.41. The van der Waals surface area contributed by atoms with Gasteiger partial charge in [-0.05, 0) is 32.3 Å². The van der Waals surface area contributed by atoms with Crippen LogP contribution in [0.5, 0.6) is 5.75 Å². The lowest BCUT2D eigenvalue weighted by Crippen LogP contribution is -2.36. The number of ether oxygens (including phenoxy) is 1. The number of nitrogens with one attached hydrogen (secondary N) is 1. The summed E-state index contributed by atoms with van der Waals surface area (Å²) < 4.78 is 10.6. The quantitative estimate of drug-likeness (QED) is 0.586. The van der Waals surface area contributed by atoms with E-state index in [4.69, 9.17) is 9.15 Å². The van der Waals surface area contributed by atoms with Crippen LogP contribution in [0.25, 0.3) is 0 Å². The zero-order valence-electron chi connectivity index (χ0n) is 13.5. The Morgan fingerprint density at radius 3 is 2.71 bits per heavy atom. The highest BCUT2D eigenvalue weighted by atomic mass is 16.6. The van der Waals surface area contributed by atoms with Gasteiger partial charge in [0.15, 0.2) is 12.4 Å². The molecule has 1 atom stereocenters. The first kappa shape index (κ1) is 17.5. The van der Waals surface area contributed by atoms with Crippen molar-refractivity contribution in [2.45, 2.75) is 6.04 Å². The van der Waals surface area contributed by atoms with Crippen LogP contribution in [0.4, 0.5) is 5.69 Å². The molecule has 0 unspecified atom stereocenters. The fraction of sp³-hybridized carbons (Fsp3) is 0.312. The topological polar surface area (TPSA) is 97.9 Å². The number of nitro groups is 1. The van der Waals surface area contributed by atoms with Crippen molar-refractivity contribution in [1.82, 2.24) is 10.2 Å². The first-order valence-electron chi connectivity index (χ1n) is 7.31. The molecule has 0 aliphatic heterocycles. The highest BCUT2D eigenvalue weighted by molar-refractivity contribution is 5.77. The monoisotopic (exact) mass is 333 g/mol. The normalized spacial score (nSPS) is 12.0. The zero-order chi connectivity index (χ0) is 17.5. The molecule has 1 heterocycles. The maximum atomic E-state index is 11.9. The van der Waals surface area contributed by atoms with Gasteiger partial charge in [0.25, 0.3) is 5.91 Å². The molecule has 1 amide bonds. The van der Waals surface area contributed by atoms with Gasteiger partial charge in [-0.25, -0.2) is 0 Å². The van der Waals surface area contributed by atoms with Crippen molar-refractivity contribution in [3.63, 3.8) is 0 Å². The van der Waals surface area contributed by atoms with Crippen molar-refractivity contribution >= 4 is 11.6 Å². The highest BCUT2D eigenvalue weighted by Crippen LogP contribution is 2.25. The summed E-state index contributed by atoms with van der Waals surface area (Å²) >= 11 is 0. The van der Waals surface area contributed by atoms with Crippen LogP contribution in [0.1, 0.15) is 11.8 Å². The molecule has 0 saturated heterocycles. The van der Waals surface area contributed by atoms with Gasteiger partial charge in [0, 0.05) is 12.6 Å². The van der Waals surface area contributed by atoms with Gasteiger partial charge in [-0.2, -0.15) is 0 Å². The molecule has 0 aliphatic carbocycles. The van der Waals surface area contributed by atoms with Crippen molar-refractivity contribution in [2.24, 2.45) is 0 Å². The summed E-state index contributed by atoms with van der Waals surface area (Å²) in [5, 5.41) is 13.6. The van der Waals surface area contributed by atoms with Crippen molar-refractivity contribution in [3.05, 3.63) is 58.5 Å².